The normalized spacial score (nSPS) is 25.6. The quantitative estimate of drug-likeness (QED) is 0.741. The van der Waals surface area contributed by atoms with Gasteiger partial charge in [-0.05, 0) is 67.1 Å². The third-order valence-corrected chi connectivity index (χ3v) is 5.41. The molecule has 0 radical (unpaired) electrons. The van der Waals surface area contributed by atoms with Crippen LogP contribution in [0.3, 0.4) is 0 Å². The number of rotatable bonds is 5. The molecule has 3 atom stereocenters. The van der Waals surface area contributed by atoms with Gasteiger partial charge in [-0.1, -0.05) is 40.5 Å². The highest BCUT2D eigenvalue weighted by molar-refractivity contribution is 5.49. The molecule has 1 aromatic rings. The molecule has 0 aromatic heterocycles. The molecule has 1 aromatic carbocycles. The zero-order valence-electron chi connectivity index (χ0n) is 14.6. The van der Waals surface area contributed by atoms with Crippen LogP contribution in [-0.2, 0) is 6.42 Å². The average Bonchev–Trinajstić information content (AvgIpc) is 2.44. The molecule has 1 fully saturated rings. The Kier molecular flexibility index (Phi) is 5.77. The van der Waals surface area contributed by atoms with Crippen LogP contribution in [0.5, 0.6) is 11.5 Å². The van der Waals surface area contributed by atoms with Crippen LogP contribution in [0.25, 0.3) is 0 Å². The van der Waals surface area contributed by atoms with Crippen molar-refractivity contribution in [3.63, 3.8) is 0 Å². The van der Waals surface area contributed by atoms with Crippen LogP contribution in [0.4, 0.5) is 0 Å². The molecular weight excluding hydrogens is 272 g/mol. The minimum atomic E-state index is 0.281. The third kappa shape index (κ3) is 3.77. The van der Waals surface area contributed by atoms with Crippen molar-refractivity contribution in [3.05, 3.63) is 23.3 Å². The maximum absolute atomic E-state index is 10.5. The van der Waals surface area contributed by atoms with Crippen molar-refractivity contribution < 1.29 is 10.2 Å². The van der Waals surface area contributed by atoms with E-state index in [9.17, 15) is 10.2 Å². The summed E-state index contributed by atoms with van der Waals surface area (Å²) in [6.07, 6.45) is 6.66. The zero-order chi connectivity index (χ0) is 16.3. The molecule has 0 saturated heterocycles. The first-order valence-corrected chi connectivity index (χ1v) is 8.98. The fourth-order valence-corrected chi connectivity index (χ4v) is 4.12. The highest BCUT2D eigenvalue weighted by Gasteiger charge is 2.34. The van der Waals surface area contributed by atoms with Crippen molar-refractivity contribution in [2.45, 2.75) is 72.1 Å². The van der Waals surface area contributed by atoms with Gasteiger partial charge in [-0.25, -0.2) is 0 Å². The minimum absolute atomic E-state index is 0.281. The lowest BCUT2D eigenvalue weighted by atomic mass is 9.67. The van der Waals surface area contributed by atoms with Gasteiger partial charge >= 0.3 is 0 Å². The largest absolute Gasteiger partial charge is 0.508 e. The van der Waals surface area contributed by atoms with Crippen molar-refractivity contribution in [2.24, 2.45) is 17.8 Å². The minimum Gasteiger partial charge on any atom is -0.508 e. The van der Waals surface area contributed by atoms with Crippen molar-refractivity contribution in [3.8, 4) is 11.5 Å². The number of phenolic OH excluding ortho intramolecular Hbond substituents is 2. The van der Waals surface area contributed by atoms with Gasteiger partial charge in [-0.3, -0.25) is 0 Å². The number of phenols is 2. The van der Waals surface area contributed by atoms with Gasteiger partial charge in [0.05, 0.1) is 0 Å². The maximum atomic E-state index is 10.5. The van der Waals surface area contributed by atoms with E-state index in [1.807, 2.05) is 12.1 Å². The second kappa shape index (κ2) is 7.39. The van der Waals surface area contributed by atoms with Gasteiger partial charge in [-0.2, -0.15) is 0 Å². The fraction of sp³-hybridized carbons (Fsp3) is 0.700. The summed E-state index contributed by atoms with van der Waals surface area (Å²) in [7, 11) is 0. The van der Waals surface area contributed by atoms with E-state index in [2.05, 4.69) is 27.7 Å². The second-order valence-electron chi connectivity index (χ2n) is 7.58. The monoisotopic (exact) mass is 304 g/mol. The number of benzene rings is 1. The van der Waals surface area contributed by atoms with Crippen LogP contribution in [0.1, 0.15) is 76.8 Å². The number of aryl methyl sites for hydroxylation is 1. The molecule has 3 unspecified atom stereocenters. The third-order valence-electron chi connectivity index (χ3n) is 5.41. The molecule has 1 saturated carbocycles. The molecule has 22 heavy (non-hydrogen) atoms. The number of aromatic hydroxyl groups is 2. The molecule has 2 heteroatoms. The summed E-state index contributed by atoms with van der Waals surface area (Å²) in [5.41, 5.74) is 1.84. The van der Waals surface area contributed by atoms with Gasteiger partial charge in [0.1, 0.15) is 11.5 Å². The molecule has 2 nitrogen and oxygen atoms in total. The summed E-state index contributed by atoms with van der Waals surface area (Å²) in [4.78, 5) is 0. The Morgan fingerprint density at radius 1 is 1.14 bits per heavy atom. The Hall–Kier alpha value is -1.18. The summed E-state index contributed by atoms with van der Waals surface area (Å²) in [5, 5.41) is 21.1. The van der Waals surface area contributed by atoms with Crippen molar-refractivity contribution in [1.82, 2.24) is 0 Å². The van der Waals surface area contributed by atoms with Crippen LogP contribution in [0.15, 0.2) is 12.1 Å². The molecule has 0 amide bonds. The summed E-state index contributed by atoms with van der Waals surface area (Å²) < 4.78 is 0. The van der Waals surface area contributed by atoms with Crippen LogP contribution in [-0.4, -0.2) is 10.2 Å². The highest BCUT2D eigenvalue weighted by Crippen LogP contribution is 2.49. The van der Waals surface area contributed by atoms with E-state index in [0.717, 1.165) is 36.8 Å². The molecule has 2 rings (SSSR count). The predicted molar refractivity (Wildman–Crippen MR) is 92.5 cm³/mol. The highest BCUT2D eigenvalue weighted by atomic mass is 16.3. The maximum Gasteiger partial charge on any atom is 0.123 e. The Morgan fingerprint density at radius 3 is 2.32 bits per heavy atom. The number of unbranched alkanes of at least 4 members (excludes halogenated alkanes) is 1. The summed E-state index contributed by atoms with van der Waals surface area (Å²) in [6.45, 7) is 8.97. The lowest BCUT2D eigenvalue weighted by Gasteiger charge is -2.38. The van der Waals surface area contributed by atoms with Gasteiger partial charge in [0.15, 0.2) is 0 Å². The number of hydrogen-bond acceptors (Lipinski definition) is 2. The fourth-order valence-electron chi connectivity index (χ4n) is 4.12. The topological polar surface area (TPSA) is 40.5 Å². The first-order valence-electron chi connectivity index (χ1n) is 8.98. The summed E-state index contributed by atoms with van der Waals surface area (Å²) in [6, 6.07) is 3.75. The molecular formula is C20H32O2. The SMILES string of the molecule is CCCCc1cc(O)c(C2CC(C)CCC2C(C)C)c(O)c1. The van der Waals surface area contributed by atoms with Crippen molar-refractivity contribution >= 4 is 0 Å². The summed E-state index contributed by atoms with van der Waals surface area (Å²) in [5.74, 6) is 2.68. The van der Waals surface area contributed by atoms with Crippen LogP contribution >= 0.6 is 0 Å². The molecule has 1 aliphatic rings. The first kappa shape index (κ1) is 17.2. The van der Waals surface area contributed by atoms with Gasteiger partial charge in [0.25, 0.3) is 0 Å². The Balaban J connectivity index is 2.32. The molecule has 0 aliphatic heterocycles. The van der Waals surface area contributed by atoms with Crippen LogP contribution < -0.4 is 0 Å². The zero-order valence-corrected chi connectivity index (χ0v) is 14.6. The van der Waals surface area contributed by atoms with Gasteiger partial charge in [-0.15, -0.1) is 0 Å². The Labute approximate surface area is 135 Å². The smallest absolute Gasteiger partial charge is 0.123 e. The van der Waals surface area contributed by atoms with Crippen molar-refractivity contribution in [1.29, 1.82) is 0 Å². The molecule has 0 spiro atoms. The van der Waals surface area contributed by atoms with Gasteiger partial charge in [0, 0.05) is 5.56 Å². The average molecular weight is 304 g/mol. The lowest BCUT2D eigenvalue weighted by Crippen LogP contribution is -2.26. The van der Waals surface area contributed by atoms with E-state index in [-0.39, 0.29) is 5.92 Å². The lowest BCUT2D eigenvalue weighted by molar-refractivity contribution is 0.192. The van der Waals surface area contributed by atoms with E-state index in [4.69, 9.17) is 0 Å². The van der Waals surface area contributed by atoms with E-state index >= 15 is 0 Å². The first-order chi connectivity index (χ1) is 10.4. The van der Waals surface area contributed by atoms with Crippen molar-refractivity contribution in [2.75, 3.05) is 0 Å². The molecule has 1 aliphatic carbocycles. The van der Waals surface area contributed by atoms with Crippen LogP contribution in [0.2, 0.25) is 0 Å². The van der Waals surface area contributed by atoms with Gasteiger partial charge in [0.2, 0.25) is 0 Å². The molecule has 2 N–H and O–H groups in total. The van der Waals surface area contributed by atoms with E-state index < -0.39 is 0 Å². The summed E-state index contributed by atoms with van der Waals surface area (Å²) >= 11 is 0. The predicted octanol–water partition coefficient (Wildman–Crippen LogP) is 5.62. The second-order valence-corrected chi connectivity index (χ2v) is 7.58. The van der Waals surface area contributed by atoms with E-state index in [1.54, 1.807) is 0 Å². The van der Waals surface area contributed by atoms with Gasteiger partial charge < -0.3 is 10.2 Å². The Bertz CT molecular complexity index is 469. The number of hydrogen-bond donors (Lipinski definition) is 2. The van der Waals surface area contributed by atoms with E-state index in [1.165, 1.54) is 12.8 Å². The van der Waals surface area contributed by atoms with Crippen LogP contribution in [0, 0.1) is 17.8 Å². The molecule has 124 valence electrons. The Morgan fingerprint density at radius 2 is 1.77 bits per heavy atom. The molecule has 0 heterocycles. The molecule has 0 bridgehead atoms. The van der Waals surface area contributed by atoms with E-state index in [0.29, 0.717) is 29.3 Å². The standard InChI is InChI=1S/C20H32O2/c1-5-6-7-15-11-18(21)20(19(22)12-15)17-10-14(4)8-9-16(17)13(2)3/h11-14,16-17,21-22H,5-10H2,1-4H3.